The highest BCUT2D eigenvalue weighted by Crippen LogP contribution is 2.23. The Hall–Kier alpha value is -1.38. The Morgan fingerprint density at radius 1 is 0.654 bits per heavy atom. The predicted octanol–water partition coefficient (Wildman–Crippen LogP) is 6.94. The molecule has 140 valence electrons. The SMILES string of the molecule is CCCCCCCCCCCO[Si]C(c1ccccc1)c1ccccc1. The minimum absolute atomic E-state index is 0.357. The third kappa shape index (κ3) is 8.33. The molecule has 2 aromatic carbocycles. The maximum absolute atomic E-state index is 6.09. The highest BCUT2D eigenvalue weighted by atomic mass is 28.2. The standard InChI is InChI=1S/C24H34OSi/c1-2-3-4-5-6-7-8-9-16-21-25-26-24(22-17-12-10-13-18-22)23-19-14-11-15-20-23/h10-15,17-20,24H,2-9,16,21H2,1H3. The van der Waals surface area contributed by atoms with Crippen molar-refractivity contribution in [2.24, 2.45) is 0 Å². The van der Waals surface area contributed by atoms with Crippen LogP contribution in [-0.2, 0) is 4.43 Å². The minimum Gasteiger partial charge on any atom is -0.416 e. The van der Waals surface area contributed by atoms with Gasteiger partial charge >= 0.3 is 0 Å². The van der Waals surface area contributed by atoms with Crippen LogP contribution in [0.3, 0.4) is 0 Å². The van der Waals surface area contributed by atoms with Crippen LogP contribution in [0.2, 0.25) is 0 Å². The van der Waals surface area contributed by atoms with E-state index in [1.165, 1.54) is 68.9 Å². The Morgan fingerprint density at radius 3 is 1.62 bits per heavy atom. The molecule has 0 atom stereocenters. The van der Waals surface area contributed by atoms with E-state index in [0.717, 1.165) is 6.61 Å². The Balaban J connectivity index is 1.64. The Kier molecular flexibility index (Phi) is 11.1. The van der Waals surface area contributed by atoms with Gasteiger partial charge in [0.15, 0.2) is 0 Å². The summed E-state index contributed by atoms with van der Waals surface area (Å²) < 4.78 is 6.09. The van der Waals surface area contributed by atoms with Crippen LogP contribution in [0.1, 0.15) is 81.4 Å². The second-order valence-corrected chi connectivity index (χ2v) is 8.15. The fourth-order valence-corrected chi connectivity index (χ4v) is 4.33. The van der Waals surface area contributed by atoms with E-state index in [-0.39, 0.29) is 0 Å². The summed E-state index contributed by atoms with van der Waals surface area (Å²) in [7, 11) is 0.490. The molecule has 0 fully saturated rings. The molecule has 0 N–H and O–H groups in total. The average Bonchev–Trinajstić information content (AvgIpc) is 2.70. The lowest BCUT2D eigenvalue weighted by atomic mass is 10.0. The van der Waals surface area contributed by atoms with Gasteiger partial charge in [0.05, 0.1) is 0 Å². The molecule has 0 saturated heterocycles. The highest BCUT2D eigenvalue weighted by Gasteiger charge is 2.15. The third-order valence-electron chi connectivity index (χ3n) is 4.82. The van der Waals surface area contributed by atoms with Crippen LogP contribution in [0, 0.1) is 0 Å². The molecule has 0 aliphatic rings. The van der Waals surface area contributed by atoms with Gasteiger partial charge in [0.25, 0.3) is 0 Å². The Labute approximate surface area is 163 Å². The molecule has 0 saturated carbocycles. The molecule has 0 spiro atoms. The van der Waals surface area contributed by atoms with Gasteiger partial charge in [0.1, 0.15) is 0 Å². The zero-order valence-corrected chi connectivity index (χ0v) is 17.3. The monoisotopic (exact) mass is 366 g/mol. The van der Waals surface area contributed by atoms with Crippen molar-refractivity contribution in [1.82, 2.24) is 0 Å². The number of unbranched alkanes of at least 4 members (excludes halogenated alkanes) is 8. The molecule has 0 aliphatic heterocycles. The van der Waals surface area contributed by atoms with E-state index in [1.54, 1.807) is 0 Å². The van der Waals surface area contributed by atoms with Crippen LogP contribution in [0.4, 0.5) is 0 Å². The topological polar surface area (TPSA) is 9.23 Å². The normalized spacial score (nSPS) is 11.2. The van der Waals surface area contributed by atoms with E-state index in [0.29, 0.717) is 15.3 Å². The smallest absolute Gasteiger partial charge is 0.242 e. The van der Waals surface area contributed by atoms with Crippen molar-refractivity contribution < 1.29 is 4.43 Å². The highest BCUT2D eigenvalue weighted by molar-refractivity contribution is 6.31. The summed E-state index contributed by atoms with van der Waals surface area (Å²) in [6, 6.07) is 21.5. The second kappa shape index (κ2) is 13.8. The number of rotatable bonds is 14. The van der Waals surface area contributed by atoms with Gasteiger partial charge < -0.3 is 4.43 Å². The second-order valence-electron chi connectivity index (χ2n) is 7.05. The zero-order valence-electron chi connectivity index (χ0n) is 16.3. The molecule has 0 heterocycles. The fourth-order valence-electron chi connectivity index (χ4n) is 3.25. The predicted molar refractivity (Wildman–Crippen MR) is 114 cm³/mol. The van der Waals surface area contributed by atoms with Gasteiger partial charge in [-0.15, -0.1) is 0 Å². The largest absolute Gasteiger partial charge is 0.416 e. The van der Waals surface area contributed by atoms with Crippen molar-refractivity contribution in [2.75, 3.05) is 6.61 Å². The van der Waals surface area contributed by atoms with Gasteiger partial charge in [-0.05, 0) is 17.5 Å². The van der Waals surface area contributed by atoms with Gasteiger partial charge in [-0.1, -0.05) is 119 Å². The van der Waals surface area contributed by atoms with E-state index in [2.05, 4.69) is 67.6 Å². The summed E-state index contributed by atoms with van der Waals surface area (Å²) in [4.78, 5) is 0. The van der Waals surface area contributed by atoms with Crippen molar-refractivity contribution >= 4 is 9.76 Å². The lowest BCUT2D eigenvalue weighted by Gasteiger charge is -2.16. The molecule has 0 aliphatic carbocycles. The van der Waals surface area contributed by atoms with Crippen LogP contribution in [0.25, 0.3) is 0 Å². The van der Waals surface area contributed by atoms with Crippen molar-refractivity contribution in [1.29, 1.82) is 0 Å². The molecule has 0 aromatic heterocycles. The summed E-state index contributed by atoms with van der Waals surface area (Å²) in [6.07, 6.45) is 12.2. The summed E-state index contributed by atoms with van der Waals surface area (Å²) in [5.74, 6) is 0. The van der Waals surface area contributed by atoms with Gasteiger partial charge in [0, 0.05) is 12.1 Å². The average molecular weight is 367 g/mol. The Bertz CT molecular complexity index is 515. The lowest BCUT2D eigenvalue weighted by molar-refractivity contribution is 0.317. The van der Waals surface area contributed by atoms with Crippen LogP contribution in [0.5, 0.6) is 0 Å². The van der Waals surface area contributed by atoms with Crippen LogP contribution in [0.15, 0.2) is 60.7 Å². The van der Waals surface area contributed by atoms with E-state index < -0.39 is 0 Å². The van der Waals surface area contributed by atoms with Gasteiger partial charge in [-0.3, -0.25) is 0 Å². The molecular formula is C24H34OSi. The lowest BCUT2D eigenvalue weighted by Crippen LogP contribution is -2.14. The summed E-state index contributed by atoms with van der Waals surface area (Å²) in [5, 5.41) is 0. The van der Waals surface area contributed by atoms with Crippen LogP contribution < -0.4 is 0 Å². The van der Waals surface area contributed by atoms with Crippen molar-refractivity contribution in [3.63, 3.8) is 0 Å². The summed E-state index contributed by atoms with van der Waals surface area (Å²) >= 11 is 0. The van der Waals surface area contributed by atoms with Gasteiger partial charge in [-0.25, -0.2) is 0 Å². The minimum atomic E-state index is 0.357. The first-order valence-corrected chi connectivity index (χ1v) is 11.4. The first kappa shape index (κ1) is 20.9. The van der Waals surface area contributed by atoms with Crippen molar-refractivity contribution in [2.45, 2.75) is 70.3 Å². The van der Waals surface area contributed by atoms with Gasteiger partial charge in [0.2, 0.25) is 9.76 Å². The fraction of sp³-hybridized carbons (Fsp3) is 0.500. The number of hydrogen-bond acceptors (Lipinski definition) is 1. The van der Waals surface area contributed by atoms with Crippen LogP contribution >= 0.6 is 0 Å². The molecular weight excluding hydrogens is 332 g/mol. The molecule has 2 rings (SSSR count). The Morgan fingerprint density at radius 2 is 1.12 bits per heavy atom. The first-order chi connectivity index (χ1) is 12.9. The quantitative estimate of drug-likeness (QED) is 0.260. The maximum Gasteiger partial charge on any atom is 0.242 e. The molecule has 0 amide bonds. The molecule has 1 nitrogen and oxygen atoms in total. The van der Waals surface area contributed by atoms with Crippen molar-refractivity contribution in [3.8, 4) is 0 Å². The first-order valence-electron chi connectivity index (χ1n) is 10.4. The molecule has 0 unspecified atom stereocenters. The zero-order chi connectivity index (χ0) is 18.3. The van der Waals surface area contributed by atoms with Gasteiger partial charge in [-0.2, -0.15) is 0 Å². The molecule has 26 heavy (non-hydrogen) atoms. The summed E-state index contributed by atoms with van der Waals surface area (Å²) in [5.41, 5.74) is 3.06. The molecule has 0 bridgehead atoms. The van der Waals surface area contributed by atoms with E-state index in [1.807, 2.05) is 0 Å². The van der Waals surface area contributed by atoms with E-state index >= 15 is 0 Å². The van der Waals surface area contributed by atoms with E-state index in [4.69, 9.17) is 4.43 Å². The van der Waals surface area contributed by atoms with Crippen LogP contribution in [-0.4, -0.2) is 16.4 Å². The van der Waals surface area contributed by atoms with E-state index in [9.17, 15) is 0 Å². The van der Waals surface area contributed by atoms with Crippen molar-refractivity contribution in [3.05, 3.63) is 71.8 Å². The summed E-state index contributed by atoms with van der Waals surface area (Å²) in [6.45, 7) is 3.17. The maximum atomic E-state index is 6.09. The molecule has 2 aromatic rings. The third-order valence-corrected chi connectivity index (χ3v) is 6.09. The number of benzene rings is 2. The molecule has 2 radical (unpaired) electrons. The number of hydrogen-bond donors (Lipinski definition) is 0. The molecule has 2 heteroatoms.